The molecule has 0 aliphatic carbocycles. The third-order valence-corrected chi connectivity index (χ3v) is 5.60. The maximum atomic E-state index is 12.8. The first kappa shape index (κ1) is 20.6. The monoisotopic (exact) mass is 414 g/mol. The van der Waals surface area contributed by atoms with Crippen molar-refractivity contribution in [2.75, 3.05) is 15.9 Å². The summed E-state index contributed by atoms with van der Waals surface area (Å²) in [6.45, 7) is 5.26. The number of hydrogen-bond acceptors (Lipinski definition) is 3. The Morgan fingerprint density at radius 2 is 1.58 bits per heavy atom. The number of anilines is 2. The summed E-state index contributed by atoms with van der Waals surface area (Å²) in [7, 11) is -3.75. The van der Waals surface area contributed by atoms with Crippen LogP contribution >= 0.6 is 23.2 Å². The van der Waals surface area contributed by atoms with Gasteiger partial charge in [0.25, 0.3) is 0 Å². The van der Waals surface area contributed by atoms with Gasteiger partial charge in [-0.2, -0.15) is 0 Å². The van der Waals surface area contributed by atoms with Gasteiger partial charge >= 0.3 is 0 Å². The number of hydrogen-bond donors (Lipinski definition) is 1. The molecule has 2 aromatic rings. The quantitative estimate of drug-likeness (QED) is 0.787. The molecule has 0 aromatic heterocycles. The van der Waals surface area contributed by atoms with E-state index in [9.17, 15) is 13.2 Å². The summed E-state index contributed by atoms with van der Waals surface area (Å²) in [6.07, 6.45) is 1.03. The van der Waals surface area contributed by atoms with Crippen molar-refractivity contribution >= 4 is 50.5 Å². The molecular formula is C18H20Cl2N2O3S. The van der Waals surface area contributed by atoms with Crippen molar-refractivity contribution in [1.29, 1.82) is 0 Å². The van der Waals surface area contributed by atoms with Crippen LogP contribution in [0.15, 0.2) is 36.4 Å². The van der Waals surface area contributed by atoms with Crippen LogP contribution in [-0.2, 0) is 14.8 Å². The zero-order valence-electron chi connectivity index (χ0n) is 14.9. The summed E-state index contributed by atoms with van der Waals surface area (Å²) in [5, 5.41) is 3.38. The van der Waals surface area contributed by atoms with Gasteiger partial charge in [-0.25, -0.2) is 8.42 Å². The first-order valence-corrected chi connectivity index (χ1v) is 10.4. The van der Waals surface area contributed by atoms with Crippen molar-refractivity contribution in [2.24, 2.45) is 0 Å². The van der Waals surface area contributed by atoms with Gasteiger partial charge in [-0.1, -0.05) is 41.4 Å². The number of benzene rings is 2. The number of halogens is 2. The average molecular weight is 415 g/mol. The van der Waals surface area contributed by atoms with Gasteiger partial charge in [0.2, 0.25) is 15.9 Å². The predicted octanol–water partition coefficient (Wildman–Crippen LogP) is 4.40. The number of carbonyl (C=O) groups is 1. The fourth-order valence-corrected chi connectivity index (χ4v) is 4.39. The van der Waals surface area contributed by atoms with Crippen LogP contribution in [0.1, 0.15) is 18.1 Å². The van der Waals surface area contributed by atoms with Crippen LogP contribution in [0.25, 0.3) is 0 Å². The fourth-order valence-electron chi connectivity index (χ4n) is 2.71. The third kappa shape index (κ3) is 4.69. The Hall–Kier alpha value is -1.76. The topological polar surface area (TPSA) is 66.5 Å². The lowest BCUT2D eigenvalue weighted by molar-refractivity contribution is -0.116. The third-order valence-electron chi connectivity index (χ3n) is 3.92. The largest absolute Gasteiger partial charge is 0.324 e. The standard InChI is InChI=1S/C18H20Cl2N2O3S/c1-11-6-5-7-12(2)17(11)21-18(23)13(3)22(26(4,24)25)16-9-14(19)8-15(20)10-16/h5-10,13H,1-4H3,(H,21,23). The summed E-state index contributed by atoms with van der Waals surface area (Å²) in [5.74, 6) is -0.455. The highest BCUT2D eigenvalue weighted by Crippen LogP contribution is 2.29. The molecule has 0 aliphatic heterocycles. The van der Waals surface area contributed by atoms with Gasteiger partial charge in [0.1, 0.15) is 6.04 Å². The van der Waals surface area contributed by atoms with Crippen LogP contribution in [-0.4, -0.2) is 26.6 Å². The molecule has 0 aliphatic rings. The molecule has 0 spiro atoms. The predicted molar refractivity (Wildman–Crippen MR) is 108 cm³/mol. The van der Waals surface area contributed by atoms with E-state index in [1.165, 1.54) is 25.1 Å². The number of amides is 1. The maximum Gasteiger partial charge on any atom is 0.248 e. The Kier molecular flexibility index (Phi) is 6.21. The molecular weight excluding hydrogens is 395 g/mol. The molecule has 1 unspecified atom stereocenters. The minimum absolute atomic E-state index is 0.231. The van der Waals surface area contributed by atoms with Crippen LogP contribution in [0.5, 0.6) is 0 Å². The lowest BCUT2D eigenvalue weighted by atomic mass is 10.1. The summed E-state index contributed by atoms with van der Waals surface area (Å²) in [5.41, 5.74) is 2.68. The molecule has 5 nitrogen and oxygen atoms in total. The van der Waals surface area contributed by atoms with E-state index in [0.717, 1.165) is 21.7 Å². The first-order valence-electron chi connectivity index (χ1n) is 7.83. The molecule has 1 amide bonds. The number of carbonyl (C=O) groups excluding carboxylic acids is 1. The van der Waals surface area contributed by atoms with Crippen LogP contribution < -0.4 is 9.62 Å². The van der Waals surface area contributed by atoms with E-state index < -0.39 is 22.0 Å². The molecule has 0 radical (unpaired) electrons. The molecule has 2 aromatic carbocycles. The van der Waals surface area contributed by atoms with Crippen molar-refractivity contribution in [3.05, 3.63) is 57.6 Å². The van der Waals surface area contributed by atoms with Gasteiger partial charge in [0, 0.05) is 15.7 Å². The number of aryl methyl sites for hydroxylation is 2. The molecule has 1 N–H and O–H groups in total. The van der Waals surface area contributed by atoms with E-state index in [-0.39, 0.29) is 15.7 Å². The Balaban J connectivity index is 2.41. The molecule has 0 fully saturated rings. The second kappa shape index (κ2) is 7.86. The van der Waals surface area contributed by atoms with Crippen molar-refractivity contribution < 1.29 is 13.2 Å². The van der Waals surface area contributed by atoms with E-state index >= 15 is 0 Å². The van der Waals surface area contributed by atoms with Crippen molar-refractivity contribution in [1.82, 2.24) is 0 Å². The Morgan fingerprint density at radius 3 is 2.04 bits per heavy atom. The van der Waals surface area contributed by atoms with Gasteiger partial charge in [0.15, 0.2) is 0 Å². The lowest BCUT2D eigenvalue weighted by Crippen LogP contribution is -2.45. The van der Waals surface area contributed by atoms with Gasteiger partial charge < -0.3 is 5.32 Å². The Bertz CT molecular complexity index is 905. The number of nitrogens with zero attached hydrogens (tertiary/aromatic N) is 1. The average Bonchev–Trinajstić information content (AvgIpc) is 2.48. The fraction of sp³-hybridized carbons (Fsp3) is 0.278. The van der Waals surface area contributed by atoms with E-state index in [2.05, 4.69) is 5.32 Å². The van der Waals surface area contributed by atoms with Crippen molar-refractivity contribution in [2.45, 2.75) is 26.8 Å². The van der Waals surface area contributed by atoms with E-state index in [0.29, 0.717) is 5.69 Å². The van der Waals surface area contributed by atoms with Gasteiger partial charge in [-0.3, -0.25) is 9.10 Å². The summed E-state index contributed by atoms with van der Waals surface area (Å²) >= 11 is 12.0. The molecule has 8 heteroatoms. The summed E-state index contributed by atoms with van der Waals surface area (Å²) in [4.78, 5) is 12.8. The number of sulfonamides is 1. The van der Waals surface area contributed by atoms with Crippen molar-refractivity contribution in [3.63, 3.8) is 0 Å². The van der Waals surface area contributed by atoms with E-state index in [4.69, 9.17) is 23.2 Å². The number of nitrogens with one attached hydrogen (secondary N) is 1. The highest BCUT2D eigenvalue weighted by molar-refractivity contribution is 7.92. The van der Waals surface area contributed by atoms with Gasteiger partial charge in [-0.15, -0.1) is 0 Å². The molecule has 140 valence electrons. The summed E-state index contributed by atoms with van der Waals surface area (Å²) in [6, 6.07) is 9.04. The molecule has 0 saturated carbocycles. The van der Waals surface area contributed by atoms with Crippen molar-refractivity contribution in [3.8, 4) is 0 Å². The molecule has 0 bridgehead atoms. The number of rotatable bonds is 5. The van der Waals surface area contributed by atoms with Gasteiger partial charge in [0.05, 0.1) is 11.9 Å². The molecule has 0 heterocycles. The zero-order valence-corrected chi connectivity index (χ0v) is 17.2. The molecule has 2 rings (SSSR count). The zero-order chi connectivity index (χ0) is 19.6. The molecule has 1 atom stereocenters. The SMILES string of the molecule is Cc1cccc(C)c1NC(=O)C(C)N(c1cc(Cl)cc(Cl)c1)S(C)(=O)=O. The van der Waals surface area contributed by atoms with Crippen LogP contribution in [0.3, 0.4) is 0 Å². The molecule has 26 heavy (non-hydrogen) atoms. The minimum Gasteiger partial charge on any atom is -0.324 e. The van der Waals surface area contributed by atoms with Crippen LogP contribution in [0.4, 0.5) is 11.4 Å². The molecule has 0 saturated heterocycles. The lowest BCUT2D eigenvalue weighted by Gasteiger charge is -2.29. The second-order valence-electron chi connectivity index (χ2n) is 6.12. The highest BCUT2D eigenvalue weighted by Gasteiger charge is 2.30. The number of para-hydroxylation sites is 1. The highest BCUT2D eigenvalue weighted by atomic mass is 35.5. The Labute approximate surface area is 164 Å². The smallest absolute Gasteiger partial charge is 0.248 e. The first-order chi connectivity index (χ1) is 12.0. The normalized spacial score (nSPS) is 12.5. The van der Waals surface area contributed by atoms with E-state index in [1.807, 2.05) is 32.0 Å². The van der Waals surface area contributed by atoms with Crippen LogP contribution in [0.2, 0.25) is 10.0 Å². The van der Waals surface area contributed by atoms with Gasteiger partial charge in [-0.05, 0) is 50.1 Å². The van der Waals surface area contributed by atoms with Crippen LogP contribution in [0, 0.1) is 13.8 Å². The second-order valence-corrected chi connectivity index (χ2v) is 8.85. The van der Waals surface area contributed by atoms with E-state index in [1.54, 1.807) is 0 Å². The Morgan fingerprint density at radius 1 is 1.08 bits per heavy atom. The maximum absolute atomic E-state index is 12.8. The summed E-state index contributed by atoms with van der Waals surface area (Å²) < 4.78 is 25.7. The minimum atomic E-state index is -3.75.